The second-order valence-corrected chi connectivity index (χ2v) is 9.41. The van der Waals surface area contributed by atoms with E-state index in [9.17, 15) is 26.4 Å². The van der Waals surface area contributed by atoms with E-state index in [1.165, 1.54) is 30.4 Å². The van der Waals surface area contributed by atoms with Crippen molar-refractivity contribution in [3.63, 3.8) is 0 Å². The van der Waals surface area contributed by atoms with Gasteiger partial charge in [0, 0.05) is 17.0 Å². The van der Waals surface area contributed by atoms with E-state index in [4.69, 9.17) is 0 Å². The Bertz CT molecular complexity index is 1150. The van der Waals surface area contributed by atoms with Crippen molar-refractivity contribution in [2.45, 2.75) is 17.1 Å². The van der Waals surface area contributed by atoms with Crippen molar-refractivity contribution in [2.24, 2.45) is 0 Å². The van der Waals surface area contributed by atoms with Crippen molar-refractivity contribution in [3.8, 4) is 0 Å². The van der Waals surface area contributed by atoms with E-state index in [1.54, 1.807) is 17.5 Å². The fraction of sp³-hybridized carbons (Fsp3) is 0.150. The van der Waals surface area contributed by atoms with Gasteiger partial charge in [-0.1, -0.05) is 6.07 Å². The predicted octanol–water partition coefficient (Wildman–Crippen LogP) is 4.42. The molecule has 29 heavy (non-hydrogen) atoms. The number of nitrogens with one attached hydrogen (secondary N) is 1. The molecule has 2 aromatic carbocycles. The number of rotatable bonds is 6. The largest absolute Gasteiger partial charge is 0.350 e. The summed E-state index contributed by atoms with van der Waals surface area (Å²) in [6.07, 6.45) is 0. The summed E-state index contributed by atoms with van der Waals surface area (Å²) in [6, 6.07) is 9.45. The molecule has 0 bridgehead atoms. The van der Waals surface area contributed by atoms with Crippen molar-refractivity contribution in [1.82, 2.24) is 5.32 Å². The molecule has 0 aliphatic heterocycles. The van der Waals surface area contributed by atoms with Gasteiger partial charge < -0.3 is 5.32 Å². The molecule has 1 aromatic heterocycles. The minimum absolute atomic E-state index is 0.0723. The Kier molecular flexibility index (Phi) is 6.09. The Morgan fingerprint density at radius 3 is 2.38 bits per heavy atom. The van der Waals surface area contributed by atoms with Crippen LogP contribution in [0.4, 0.5) is 13.2 Å². The van der Waals surface area contributed by atoms with Gasteiger partial charge in [-0.15, -0.1) is 11.3 Å². The first kappa shape index (κ1) is 21.1. The molecule has 1 atom stereocenters. The van der Waals surface area contributed by atoms with Gasteiger partial charge >= 0.3 is 0 Å². The van der Waals surface area contributed by atoms with Crippen LogP contribution in [0.1, 0.15) is 26.0 Å². The number of hydrogen-bond donors (Lipinski definition) is 1. The zero-order chi connectivity index (χ0) is 21.2. The van der Waals surface area contributed by atoms with Crippen LogP contribution in [0.2, 0.25) is 0 Å². The van der Waals surface area contributed by atoms with Crippen LogP contribution in [0.5, 0.6) is 0 Å². The van der Waals surface area contributed by atoms with E-state index in [0.29, 0.717) is 4.88 Å². The van der Waals surface area contributed by atoms with Crippen LogP contribution in [-0.2, 0) is 9.84 Å². The van der Waals surface area contributed by atoms with Crippen LogP contribution in [0.25, 0.3) is 0 Å². The molecule has 0 fully saturated rings. The van der Waals surface area contributed by atoms with Crippen LogP contribution in [0.3, 0.4) is 0 Å². The van der Waals surface area contributed by atoms with E-state index >= 15 is 0 Å². The van der Waals surface area contributed by atoms with Crippen molar-refractivity contribution >= 4 is 27.1 Å². The normalized spacial score (nSPS) is 12.6. The third kappa shape index (κ3) is 4.51. The quantitative estimate of drug-likeness (QED) is 0.579. The fourth-order valence-corrected chi connectivity index (χ4v) is 5.59. The maximum absolute atomic E-state index is 13.6. The van der Waals surface area contributed by atoms with Crippen molar-refractivity contribution in [2.75, 3.05) is 6.54 Å². The molecule has 0 spiro atoms. The van der Waals surface area contributed by atoms with Crippen LogP contribution < -0.4 is 5.32 Å². The topological polar surface area (TPSA) is 63.2 Å². The number of carbonyl (C=O) groups excluding carboxylic acids is 1. The summed E-state index contributed by atoms with van der Waals surface area (Å²) < 4.78 is 66.3. The first-order valence-corrected chi connectivity index (χ1v) is 10.9. The molecular weight excluding hydrogens is 423 g/mol. The van der Waals surface area contributed by atoms with Crippen molar-refractivity contribution in [3.05, 3.63) is 87.4 Å². The molecule has 3 aromatic rings. The molecule has 0 radical (unpaired) electrons. The Balaban J connectivity index is 1.89. The Morgan fingerprint density at radius 1 is 1.03 bits per heavy atom. The van der Waals surface area contributed by atoms with E-state index in [0.717, 1.165) is 24.3 Å². The monoisotopic (exact) mass is 439 g/mol. The standard InChI is InChI=1S/C20H16F3NO3S2/c1-12-9-14(5-7-15(12)21)29(26,27)19(18-3-2-8-28-18)11-24-20(25)13-4-6-16(22)17(23)10-13/h2-10,19H,11H2,1H3,(H,24,25)/t19-/m0/s1. The summed E-state index contributed by atoms with van der Waals surface area (Å²) >= 11 is 1.20. The Morgan fingerprint density at radius 2 is 1.76 bits per heavy atom. The number of benzene rings is 2. The average molecular weight is 439 g/mol. The first-order chi connectivity index (χ1) is 13.7. The SMILES string of the molecule is Cc1cc(S(=O)(=O)[C@@H](CNC(=O)c2ccc(F)c(F)c2)c2cccs2)ccc1F. The molecule has 0 aliphatic carbocycles. The summed E-state index contributed by atoms with van der Waals surface area (Å²) in [6.45, 7) is 1.16. The molecular formula is C20H16F3NO3S2. The zero-order valence-corrected chi connectivity index (χ0v) is 16.8. The third-order valence-corrected chi connectivity index (χ3v) is 7.54. The summed E-state index contributed by atoms with van der Waals surface area (Å²) in [7, 11) is -3.96. The van der Waals surface area contributed by atoms with Gasteiger partial charge in [-0.25, -0.2) is 21.6 Å². The molecule has 1 amide bonds. The highest BCUT2D eigenvalue weighted by Crippen LogP contribution is 2.32. The molecule has 0 saturated heterocycles. The van der Waals surface area contributed by atoms with E-state index in [-0.39, 0.29) is 22.6 Å². The lowest BCUT2D eigenvalue weighted by Crippen LogP contribution is -2.31. The summed E-state index contributed by atoms with van der Waals surface area (Å²) in [5.41, 5.74) is 0.0469. The van der Waals surface area contributed by atoms with Crippen LogP contribution in [-0.4, -0.2) is 20.9 Å². The lowest BCUT2D eigenvalue weighted by atomic mass is 10.2. The number of hydrogen-bond acceptors (Lipinski definition) is 4. The van der Waals surface area contributed by atoms with E-state index in [1.807, 2.05) is 0 Å². The highest BCUT2D eigenvalue weighted by atomic mass is 32.2. The minimum Gasteiger partial charge on any atom is -0.350 e. The molecule has 0 saturated carbocycles. The van der Waals surface area contributed by atoms with Gasteiger partial charge in [-0.05, 0) is 60.3 Å². The maximum Gasteiger partial charge on any atom is 0.251 e. The highest BCUT2D eigenvalue weighted by molar-refractivity contribution is 7.91. The molecule has 0 unspecified atom stereocenters. The smallest absolute Gasteiger partial charge is 0.251 e. The van der Waals surface area contributed by atoms with Crippen LogP contribution in [0, 0.1) is 24.4 Å². The molecule has 152 valence electrons. The van der Waals surface area contributed by atoms with Gasteiger partial charge in [0.25, 0.3) is 5.91 Å². The minimum atomic E-state index is -3.96. The first-order valence-electron chi connectivity index (χ1n) is 8.47. The number of aryl methyl sites for hydroxylation is 1. The molecule has 1 heterocycles. The van der Waals surface area contributed by atoms with Gasteiger partial charge in [0.2, 0.25) is 0 Å². The Labute approximate surface area is 169 Å². The summed E-state index contributed by atoms with van der Waals surface area (Å²) in [5.74, 6) is -3.53. The second kappa shape index (κ2) is 8.38. The molecule has 4 nitrogen and oxygen atoms in total. The van der Waals surface area contributed by atoms with Gasteiger partial charge in [0.15, 0.2) is 21.5 Å². The fourth-order valence-electron chi connectivity index (χ4n) is 2.72. The summed E-state index contributed by atoms with van der Waals surface area (Å²) in [4.78, 5) is 12.7. The van der Waals surface area contributed by atoms with Crippen molar-refractivity contribution < 1.29 is 26.4 Å². The lowest BCUT2D eigenvalue weighted by Gasteiger charge is -2.18. The predicted molar refractivity (Wildman–Crippen MR) is 104 cm³/mol. The number of sulfone groups is 1. The van der Waals surface area contributed by atoms with Crippen molar-refractivity contribution in [1.29, 1.82) is 0 Å². The third-order valence-electron chi connectivity index (χ3n) is 4.32. The maximum atomic E-state index is 13.6. The second-order valence-electron chi connectivity index (χ2n) is 6.30. The highest BCUT2D eigenvalue weighted by Gasteiger charge is 2.31. The molecule has 1 N–H and O–H groups in total. The van der Waals surface area contributed by atoms with Gasteiger partial charge in [0.1, 0.15) is 11.1 Å². The number of amides is 1. The van der Waals surface area contributed by atoms with Gasteiger partial charge in [0.05, 0.1) is 4.90 Å². The van der Waals surface area contributed by atoms with Gasteiger partial charge in [-0.3, -0.25) is 4.79 Å². The number of thiophene rings is 1. The average Bonchev–Trinajstić information content (AvgIpc) is 3.20. The van der Waals surface area contributed by atoms with Crippen LogP contribution in [0.15, 0.2) is 58.8 Å². The zero-order valence-electron chi connectivity index (χ0n) is 15.2. The number of carbonyl (C=O) groups is 1. The van der Waals surface area contributed by atoms with Gasteiger partial charge in [-0.2, -0.15) is 0 Å². The molecule has 9 heteroatoms. The summed E-state index contributed by atoms with van der Waals surface area (Å²) in [5, 5.41) is 3.04. The number of halogens is 3. The molecule has 3 rings (SSSR count). The molecule has 0 aliphatic rings. The van der Waals surface area contributed by atoms with E-state index < -0.39 is 38.4 Å². The Hall–Kier alpha value is -2.65. The van der Waals surface area contributed by atoms with Crippen LogP contribution >= 0.6 is 11.3 Å². The lowest BCUT2D eigenvalue weighted by molar-refractivity contribution is 0.0953. The van der Waals surface area contributed by atoms with E-state index in [2.05, 4.69) is 5.32 Å².